The summed E-state index contributed by atoms with van der Waals surface area (Å²) in [6.45, 7) is 4.56. The Bertz CT molecular complexity index is 503. The standard InChI is InChI=1S/C37H70O/c1-4-6-8-10-12-14-16-18-20-22-24-26-28-30-32-34-36-37(38-3)35-33-31-29-27-25-23-21-19-17-15-13-11-9-7-5-2/h12,14,17-20,37H,4-11,13,15-16,21-36H2,1-3H3/b14-12-,19-17-,20-18-. The molecule has 0 aromatic rings. The van der Waals surface area contributed by atoms with Crippen molar-refractivity contribution in [2.24, 2.45) is 0 Å². The number of allylic oxidation sites excluding steroid dienone is 6. The van der Waals surface area contributed by atoms with Crippen LogP contribution in [0.1, 0.15) is 187 Å². The van der Waals surface area contributed by atoms with Crippen LogP contribution in [0.2, 0.25) is 0 Å². The Morgan fingerprint density at radius 2 is 0.711 bits per heavy atom. The first kappa shape index (κ1) is 37.2. The summed E-state index contributed by atoms with van der Waals surface area (Å²) in [4.78, 5) is 0. The normalized spacial score (nSPS) is 13.0. The lowest BCUT2D eigenvalue weighted by atomic mass is 10.0. The summed E-state index contributed by atoms with van der Waals surface area (Å²) < 4.78 is 5.77. The summed E-state index contributed by atoms with van der Waals surface area (Å²) in [5.74, 6) is 0. The Morgan fingerprint density at radius 3 is 1.13 bits per heavy atom. The highest BCUT2D eigenvalue weighted by atomic mass is 16.5. The molecule has 0 bridgehead atoms. The topological polar surface area (TPSA) is 9.23 Å². The first-order chi connectivity index (χ1) is 18.8. The molecule has 0 radical (unpaired) electrons. The van der Waals surface area contributed by atoms with E-state index in [0.29, 0.717) is 6.10 Å². The first-order valence-electron chi connectivity index (χ1n) is 17.3. The minimum absolute atomic E-state index is 0.493. The van der Waals surface area contributed by atoms with Crippen molar-refractivity contribution in [1.29, 1.82) is 0 Å². The lowest BCUT2D eigenvalue weighted by Crippen LogP contribution is -2.10. The van der Waals surface area contributed by atoms with Gasteiger partial charge in [0.1, 0.15) is 0 Å². The molecule has 0 fully saturated rings. The molecule has 0 aliphatic carbocycles. The molecule has 0 saturated carbocycles. The van der Waals surface area contributed by atoms with E-state index in [1.54, 1.807) is 0 Å². The van der Waals surface area contributed by atoms with Gasteiger partial charge < -0.3 is 4.74 Å². The zero-order valence-corrected chi connectivity index (χ0v) is 26.5. The molecular formula is C37H70O. The molecular weight excluding hydrogens is 460 g/mol. The Kier molecular flexibility index (Phi) is 33.5. The van der Waals surface area contributed by atoms with Crippen molar-refractivity contribution in [2.45, 2.75) is 193 Å². The summed E-state index contributed by atoms with van der Waals surface area (Å²) >= 11 is 0. The number of ether oxygens (including phenoxy) is 1. The predicted molar refractivity (Wildman–Crippen MR) is 174 cm³/mol. The summed E-state index contributed by atoms with van der Waals surface area (Å²) in [5, 5.41) is 0. The maximum Gasteiger partial charge on any atom is 0.0571 e. The van der Waals surface area contributed by atoms with Crippen molar-refractivity contribution in [3.63, 3.8) is 0 Å². The Morgan fingerprint density at radius 1 is 0.395 bits per heavy atom. The summed E-state index contributed by atoms with van der Waals surface area (Å²) in [6.07, 6.45) is 51.1. The lowest BCUT2D eigenvalue weighted by Gasteiger charge is -2.15. The van der Waals surface area contributed by atoms with Gasteiger partial charge in [-0.2, -0.15) is 0 Å². The molecule has 0 N–H and O–H groups in total. The monoisotopic (exact) mass is 531 g/mol. The van der Waals surface area contributed by atoms with E-state index < -0.39 is 0 Å². The Labute approximate surface area is 241 Å². The van der Waals surface area contributed by atoms with Crippen molar-refractivity contribution in [3.8, 4) is 0 Å². The van der Waals surface area contributed by atoms with Gasteiger partial charge in [0, 0.05) is 7.11 Å². The third-order valence-corrected chi connectivity index (χ3v) is 7.85. The molecule has 0 aromatic heterocycles. The quantitative estimate of drug-likeness (QED) is 0.0639. The second-order valence-corrected chi connectivity index (χ2v) is 11.6. The van der Waals surface area contributed by atoms with Crippen LogP contribution in [0.5, 0.6) is 0 Å². The Hall–Kier alpha value is -0.820. The van der Waals surface area contributed by atoms with Crippen molar-refractivity contribution in [2.75, 3.05) is 7.11 Å². The van der Waals surface area contributed by atoms with Crippen LogP contribution in [0, 0.1) is 0 Å². The molecule has 38 heavy (non-hydrogen) atoms. The van der Waals surface area contributed by atoms with Crippen LogP contribution in [0.15, 0.2) is 36.5 Å². The molecule has 0 amide bonds. The summed E-state index contributed by atoms with van der Waals surface area (Å²) in [7, 11) is 1.92. The maximum absolute atomic E-state index is 5.77. The highest BCUT2D eigenvalue weighted by Gasteiger charge is 2.06. The largest absolute Gasteiger partial charge is 0.381 e. The third kappa shape index (κ3) is 31.4. The summed E-state index contributed by atoms with van der Waals surface area (Å²) in [5.41, 5.74) is 0. The average molecular weight is 531 g/mol. The van der Waals surface area contributed by atoms with E-state index in [4.69, 9.17) is 4.74 Å². The minimum atomic E-state index is 0.493. The van der Waals surface area contributed by atoms with Crippen LogP contribution < -0.4 is 0 Å². The minimum Gasteiger partial charge on any atom is -0.381 e. The average Bonchev–Trinajstić information content (AvgIpc) is 2.93. The zero-order chi connectivity index (χ0) is 27.6. The smallest absolute Gasteiger partial charge is 0.0571 e. The fourth-order valence-electron chi connectivity index (χ4n) is 5.18. The molecule has 0 aliphatic rings. The maximum atomic E-state index is 5.77. The SMILES string of the molecule is CCCCC/C=C\C/C=C\CCCCCCCCC(CCCCCCCC/C=C\CCCCCCC)OC. The molecule has 1 nitrogen and oxygen atoms in total. The van der Waals surface area contributed by atoms with Crippen LogP contribution in [-0.2, 0) is 4.74 Å². The molecule has 0 aliphatic heterocycles. The van der Waals surface area contributed by atoms with Gasteiger partial charge in [-0.05, 0) is 70.6 Å². The van der Waals surface area contributed by atoms with E-state index >= 15 is 0 Å². The fourth-order valence-corrected chi connectivity index (χ4v) is 5.18. The van der Waals surface area contributed by atoms with Crippen LogP contribution in [0.25, 0.3) is 0 Å². The molecule has 0 aromatic carbocycles. The molecule has 0 heterocycles. The molecule has 1 atom stereocenters. The van der Waals surface area contributed by atoms with Crippen molar-refractivity contribution >= 4 is 0 Å². The van der Waals surface area contributed by atoms with Gasteiger partial charge >= 0.3 is 0 Å². The number of methoxy groups -OCH3 is 1. The van der Waals surface area contributed by atoms with Gasteiger partial charge in [0.2, 0.25) is 0 Å². The molecule has 0 spiro atoms. The number of hydrogen-bond donors (Lipinski definition) is 0. The highest BCUT2D eigenvalue weighted by molar-refractivity contribution is 4.92. The van der Waals surface area contributed by atoms with Crippen LogP contribution in [-0.4, -0.2) is 13.2 Å². The molecule has 0 saturated heterocycles. The van der Waals surface area contributed by atoms with E-state index in [1.165, 1.54) is 167 Å². The molecule has 1 heteroatoms. The number of hydrogen-bond acceptors (Lipinski definition) is 1. The lowest BCUT2D eigenvalue weighted by molar-refractivity contribution is 0.0831. The van der Waals surface area contributed by atoms with Crippen molar-refractivity contribution in [3.05, 3.63) is 36.5 Å². The van der Waals surface area contributed by atoms with Gasteiger partial charge in [-0.25, -0.2) is 0 Å². The third-order valence-electron chi connectivity index (χ3n) is 7.85. The van der Waals surface area contributed by atoms with Gasteiger partial charge in [-0.1, -0.05) is 153 Å². The van der Waals surface area contributed by atoms with E-state index in [2.05, 4.69) is 50.3 Å². The van der Waals surface area contributed by atoms with Crippen LogP contribution in [0.4, 0.5) is 0 Å². The second-order valence-electron chi connectivity index (χ2n) is 11.6. The highest BCUT2D eigenvalue weighted by Crippen LogP contribution is 2.17. The number of unbranched alkanes of at least 4 members (excludes halogenated alkanes) is 20. The number of rotatable bonds is 31. The molecule has 1 unspecified atom stereocenters. The summed E-state index contributed by atoms with van der Waals surface area (Å²) in [6, 6.07) is 0. The van der Waals surface area contributed by atoms with Gasteiger partial charge in [0.25, 0.3) is 0 Å². The van der Waals surface area contributed by atoms with Crippen LogP contribution in [0.3, 0.4) is 0 Å². The van der Waals surface area contributed by atoms with Gasteiger partial charge in [-0.3, -0.25) is 0 Å². The van der Waals surface area contributed by atoms with Crippen molar-refractivity contribution < 1.29 is 4.74 Å². The van der Waals surface area contributed by atoms with Crippen molar-refractivity contribution in [1.82, 2.24) is 0 Å². The van der Waals surface area contributed by atoms with Gasteiger partial charge in [-0.15, -0.1) is 0 Å². The molecule has 0 rings (SSSR count). The van der Waals surface area contributed by atoms with E-state index in [1.807, 2.05) is 7.11 Å². The van der Waals surface area contributed by atoms with Crippen LogP contribution >= 0.6 is 0 Å². The predicted octanol–water partition coefficient (Wildman–Crippen LogP) is 13.2. The fraction of sp³-hybridized carbons (Fsp3) is 0.838. The van der Waals surface area contributed by atoms with Gasteiger partial charge in [0.05, 0.1) is 6.10 Å². The van der Waals surface area contributed by atoms with E-state index in [0.717, 1.165) is 6.42 Å². The Balaban J connectivity index is 3.38. The molecule has 224 valence electrons. The van der Waals surface area contributed by atoms with E-state index in [9.17, 15) is 0 Å². The van der Waals surface area contributed by atoms with E-state index in [-0.39, 0.29) is 0 Å². The van der Waals surface area contributed by atoms with Gasteiger partial charge in [0.15, 0.2) is 0 Å². The second kappa shape index (κ2) is 34.2. The zero-order valence-electron chi connectivity index (χ0n) is 26.5. The first-order valence-corrected chi connectivity index (χ1v) is 17.3.